The quantitative estimate of drug-likeness (QED) is 0.235. The normalized spacial score (nSPS) is 18.4. The number of amides is 3. The monoisotopic (exact) mass is 650 g/mol. The number of nitrogens with zero attached hydrogens (tertiary/aromatic N) is 4. The molecule has 2 aliphatic heterocycles. The Morgan fingerprint density at radius 3 is 2.55 bits per heavy atom. The first kappa shape index (κ1) is 32.3. The number of hydrogen-bond acceptors (Lipinski definition) is 9. The number of aliphatic hydroxyl groups is 1. The smallest absolute Gasteiger partial charge is 0.433 e. The summed E-state index contributed by atoms with van der Waals surface area (Å²) in [5.41, 5.74) is -0.0385. The lowest BCUT2D eigenvalue weighted by atomic mass is 9.93. The molecular weight excluding hydrogens is 617 g/mol. The summed E-state index contributed by atoms with van der Waals surface area (Å²) in [5, 5.41) is 15.8. The van der Waals surface area contributed by atoms with Gasteiger partial charge in [-0.15, -0.1) is 0 Å². The molecule has 2 aliphatic rings. The lowest BCUT2D eigenvalue weighted by Crippen LogP contribution is -2.39. The Hall–Kier alpha value is -4.69. The number of likely N-dealkylation sites (tertiary alicyclic amines) is 1. The first-order valence-corrected chi connectivity index (χ1v) is 15.3. The van der Waals surface area contributed by atoms with Gasteiger partial charge in [0.25, 0.3) is 5.91 Å². The van der Waals surface area contributed by atoms with Gasteiger partial charge >= 0.3 is 6.18 Å². The number of carbonyl (C=O) groups excluding carboxylic acids is 3. The van der Waals surface area contributed by atoms with Gasteiger partial charge in [0.1, 0.15) is 16.9 Å². The van der Waals surface area contributed by atoms with Gasteiger partial charge in [0, 0.05) is 36.7 Å². The van der Waals surface area contributed by atoms with Crippen LogP contribution in [0.1, 0.15) is 90.3 Å². The molecule has 1 unspecified atom stereocenters. The third kappa shape index (κ3) is 7.18. The third-order valence-corrected chi connectivity index (χ3v) is 8.51. The number of imide groups is 1. The highest BCUT2D eigenvalue weighted by molar-refractivity contribution is 6.04. The van der Waals surface area contributed by atoms with Crippen LogP contribution in [0.5, 0.6) is 0 Å². The molecule has 1 atom stereocenters. The maximum absolute atomic E-state index is 13.2. The maximum Gasteiger partial charge on any atom is 0.433 e. The molecule has 3 aromatic heterocycles. The van der Waals surface area contributed by atoms with Gasteiger partial charge in [-0.05, 0) is 82.1 Å². The molecule has 0 spiro atoms. The van der Waals surface area contributed by atoms with Crippen molar-refractivity contribution in [1.29, 1.82) is 0 Å². The Morgan fingerprint density at radius 1 is 1.09 bits per heavy atom. The fraction of sp³-hybridized carbons (Fsp3) is 0.394. The highest BCUT2D eigenvalue weighted by Crippen LogP contribution is 2.36. The molecule has 47 heavy (non-hydrogen) atoms. The topological polar surface area (TPSA) is 151 Å². The van der Waals surface area contributed by atoms with Crippen molar-refractivity contribution in [3.63, 3.8) is 0 Å². The molecule has 4 aromatic rings. The predicted molar refractivity (Wildman–Crippen MR) is 163 cm³/mol. The number of oxazole rings is 1. The fourth-order valence-corrected chi connectivity index (χ4v) is 6.04. The summed E-state index contributed by atoms with van der Waals surface area (Å²) in [6, 6.07) is 10.0. The first-order valence-electron chi connectivity index (χ1n) is 15.3. The minimum Gasteiger partial charge on any atom is -0.440 e. The SMILES string of the molecule is CC(C)(O)c1cc2nc(C3CCN(Cc4ccnc(C5CCC(=O)NC5=O)c4)CC3)oc2cc1NC(=O)c1cccc(C(F)(F)F)n1. The van der Waals surface area contributed by atoms with E-state index in [4.69, 9.17) is 9.40 Å². The summed E-state index contributed by atoms with van der Waals surface area (Å²) in [5.74, 6) is -1.35. The fourth-order valence-electron chi connectivity index (χ4n) is 6.04. The summed E-state index contributed by atoms with van der Waals surface area (Å²) in [4.78, 5) is 51.6. The number of nitrogens with one attached hydrogen (secondary N) is 2. The van der Waals surface area contributed by atoms with Crippen molar-refractivity contribution in [2.45, 2.75) is 69.7 Å². The molecule has 6 rings (SSSR count). The number of fused-ring (bicyclic) bond motifs is 1. The third-order valence-electron chi connectivity index (χ3n) is 8.51. The number of piperidine rings is 2. The molecule has 14 heteroatoms. The van der Waals surface area contributed by atoms with Crippen molar-refractivity contribution in [2.24, 2.45) is 0 Å². The van der Waals surface area contributed by atoms with Crippen LogP contribution < -0.4 is 10.6 Å². The molecule has 0 bridgehead atoms. The molecule has 3 amide bonds. The standard InChI is InChI=1S/C33H33F3N6O5/c1-32(2,46)21-15-25-26(16-24(21)39-30(45)22-4-3-5-27(38-22)33(34,35)36)47-31(40-25)19-9-12-42(13-10-19)17-18-8-11-37-23(14-18)20-6-7-28(43)41-29(20)44/h3-5,8,11,14-16,19-20,46H,6-7,9-10,12-13,17H2,1-2H3,(H,39,45)(H,41,43,44). The minimum atomic E-state index is -4.71. The largest absolute Gasteiger partial charge is 0.440 e. The maximum atomic E-state index is 13.2. The van der Waals surface area contributed by atoms with Crippen molar-refractivity contribution < 1.29 is 37.1 Å². The van der Waals surface area contributed by atoms with E-state index in [0.717, 1.165) is 43.6 Å². The lowest BCUT2D eigenvalue weighted by Gasteiger charge is -2.30. The number of alkyl halides is 3. The van der Waals surface area contributed by atoms with E-state index < -0.39 is 35.0 Å². The van der Waals surface area contributed by atoms with E-state index in [-0.39, 0.29) is 29.8 Å². The number of benzene rings is 1. The van der Waals surface area contributed by atoms with Crippen molar-refractivity contribution in [3.8, 4) is 0 Å². The van der Waals surface area contributed by atoms with Crippen LogP contribution in [0.25, 0.3) is 11.1 Å². The summed E-state index contributed by atoms with van der Waals surface area (Å²) < 4.78 is 45.6. The second kappa shape index (κ2) is 12.5. The molecule has 0 saturated carbocycles. The van der Waals surface area contributed by atoms with Crippen molar-refractivity contribution in [3.05, 3.63) is 82.8 Å². The van der Waals surface area contributed by atoms with E-state index in [1.54, 1.807) is 12.3 Å². The Bertz CT molecular complexity index is 1840. The van der Waals surface area contributed by atoms with Gasteiger partial charge in [-0.2, -0.15) is 13.2 Å². The second-order valence-electron chi connectivity index (χ2n) is 12.5. The summed E-state index contributed by atoms with van der Waals surface area (Å²) in [7, 11) is 0. The van der Waals surface area contributed by atoms with E-state index in [0.29, 0.717) is 41.2 Å². The predicted octanol–water partition coefficient (Wildman–Crippen LogP) is 5.02. The molecule has 2 saturated heterocycles. The van der Waals surface area contributed by atoms with Gasteiger partial charge in [0.15, 0.2) is 11.5 Å². The van der Waals surface area contributed by atoms with Crippen LogP contribution in [0.3, 0.4) is 0 Å². The van der Waals surface area contributed by atoms with E-state index >= 15 is 0 Å². The number of aromatic nitrogens is 3. The van der Waals surface area contributed by atoms with Crippen molar-refractivity contribution in [1.82, 2.24) is 25.2 Å². The van der Waals surface area contributed by atoms with E-state index in [9.17, 15) is 32.7 Å². The van der Waals surface area contributed by atoms with Gasteiger partial charge in [-0.1, -0.05) is 6.07 Å². The Balaban J connectivity index is 1.15. The zero-order valence-corrected chi connectivity index (χ0v) is 25.7. The minimum absolute atomic E-state index is 0.0214. The van der Waals surface area contributed by atoms with Gasteiger partial charge < -0.3 is 14.8 Å². The number of anilines is 1. The number of hydrogen-bond donors (Lipinski definition) is 3. The van der Waals surface area contributed by atoms with Gasteiger partial charge in [0.2, 0.25) is 11.8 Å². The van der Waals surface area contributed by atoms with Crippen LogP contribution in [-0.2, 0) is 27.9 Å². The van der Waals surface area contributed by atoms with Crippen LogP contribution in [0, 0.1) is 0 Å². The van der Waals surface area contributed by atoms with Crippen molar-refractivity contribution >= 4 is 34.5 Å². The first-order chi connectivity index (χ1) is 22.2. The lowest BCUT2D eigenvalue weighted by molar-refractivity contribution is -0.141. The number of carbonyl (C=O) groups is 3. The van der Waals surface area contributed by atoms with E-state index in [1.165, 1.54) is 26.0 Å². The van der Waals surface area contributed by atoms with Gasteiger partial charge in [-0.25, -0.2) is 9.97 Å². The number of halogens is 3. The van der Waals surface area contributed by atoms with Gasteiger partial charge in [-0.3, -0.25) is 29.6 Å². The Kier molecular flexibility index (Phi) is 8.57. The van der Waals surface area contributed by atoms with E-state index in [2.05, 4.69) is 25.5 Å². The molecule has 2 fully saturated rings. The summed E-state index contributed by atoms with van der Waals surface area (Å²) in [6.45, 7) is 5.25. The van der Waals surface area contributed by atoms with Crippen LogP contribution in [0.2, 0.25) is 0 Å². The molecule has 3 N–H and O–H groups in total. The molecule has 246 valence electrons. The second-order valence-corrected chi connectivity index (χ2v) is 12.5. The van der Waals surface area contributed by atoms with Crippen LogP contribution in [-0.4, -0.2) is 55.8 Å². The molecule has 1 aromatic carbocycles. The molecule has 0 radical (unpaired) electrons. The highest BCUT2D eigenvalue weighted by atomic mass is 19.4. The number of rotatable bonds is 7. The van der Waals surface area contributed by atoms with E-state index in [1.807, 2.05) is 12.1 Å². The van der Waals surface area contributed by atoms with Gasteiger partial charge in [0.05, 0.1) is 22.9 Å². The molecule has 11 nitrogen and oxygen atoms in total. The Morgan fingerprint density at radius 2 is 1.85 bits per heavy atom. The van der Waals surface area contributed by atoms with Crippen LogP contribution >= 0.6 is 0 Å². The molecular formula is C33H33F3N6O5. The van der Waals surface area contributed by atoms with Crippen LogP contribution in [0.15, 0.2) is 53.1 Å². The molecule has 0 aliphatic carbocycles. The summed E-state index contributed by atoms with van der Waals surface area (Å²) in [6.07, 6.45) is -0.760. The number of pyridine rings is 2. The highest BCUT2D eigenvalue weighted by Gasteiger charge is 2.34. The average molecular weight is 651 g/mol. The average Bonchev–Trinajstić information content (AvgIpc) is 3.43. The Labute approximate surface area is 267 Å². The zero-order valence-electron chi connectivity index (χ0n) is 25.7. The summed E-state index contributed by atoms with van der Waals surface area (Å²) >= 11 is 0. The molecule has 5 heterocycles. The zero-order chi connectivity index (χ0) is 33.5. The van der Waals surface area contributed by atoms with Crippen LogP contribution in [0.4, 0.5) is 18.9 Å². The van der Waals surface area contributed by atoms with Crippen molar-refractivity contribution in [2.75, 3.05) is 18.4 Å².